The third-order valence-corrected chi connectivity index (χ3v) is 2.80. The summed E-state index contributed by atoms with van der Waals surface area (Å²) in [5.74, 6) is -0.832. The van der Waals surface area contributed by atoms with Gasteiger partial charge in [-0.15, -0.1) is 4.89 Å². The normalized spacial score (nSPS) is 11.7. The molecule has 1 atom stereocenters. The van der Waals surface area contributed by atoms with Crippen molar-refractivity contribution in [2.75, 3.05) is 6.54 Å². The Balaban J connectivity index is 2.27. The number of imidazole rings is 1. The number of aromatic nitrogens is 3. The molecule has 94 valence electrons. The molecular weight excluding hydrogens is 259 g/mol. The summed E-state index contributed by atoms with van der Waals surface area (Å²) < 4.78 is 12.0. The van der Waals surface area contributed by atoms with Crippen molar-refractivity contribution in [3.05, 3.63) is 29.8 Å². The van der Waals surface area contributed by atoms with E-state index in [2.05, 4.69) is 15.1 Å². The lowest BCUT2D eigenvalue weighted by molar-refractivity contribution is 0.0691. The first-order chi connectivity index (χ1) is 8.58. The zero-order valence-electron chi connectivity index (χ0n) is 9.15. The molecule has 2 aromatic rings. The van der Waals surface area contributed by atoms with Crippen LogP contribution < -0.4 is 5.09 Å². The van der Waals surface area contributed by atoms with Crippen LogP contribution in [0.15, 0.2) is 18.5 Å². The van der Waals surface area contributed by atoms with E-state index in [-0.39, 0.29) is 5.69 Å². The molecule has 0 spiro atoms. The van der Waals surface area contributed by atoms with Gasteiger partial charge in [0.15, 0.2) is 5.69 Å². The molecule has 0 aliphatic rings. The number of carboxylic acid groups (broad SMARTS) is 1. The maximum Gasteiger partial charge on any atom is 0.610 e. The van der Waals surface area contributed by atoms with Gasteiger partial charge >= 0.3 is 14.1 Å². The topological polar surface area (TPSA) is 117 Å². The Morgan fingerprint density at radius 3 is 3.00 bits per heavy atom. The van der Waals surface area contributed by atoms with Crippen molar-refractivity contribution in [2.45, 2.75) is 6.42 Å². The highest BCUT2D eigenvalue weighted by Crippen LogP contribution is 2.09. The van der Waals surface area contributed by atoms with Gasteiger partial charge in [-0.3, -0.25) is 4.40 Å². The molecule has 2 rings (SSSR count). The second kappa shape index (κ2) is 5.18. The summed E-state index contributed by atoms with van der Waals surface area (Å²) >= 11 is 0. The van der Waals surface area contributed by atoms with Gasteiger partial charge in [0.1, 0.15) is 0 Å². The van der Waals surface area contributed by atoms with E-state index >= 15 is 0 Å². The van der Waals surface area contributed by atoms with Gasteiger partial charge in [-0.25, -0.2) is 14.8 Å². The van der Waals surface area contributed by atoms with Crippen LogP contribution in [0.5, 0.6) is 0 Å². The monoisotopic (exact) mass is 269 g/mol. The number of fused-ring (bicyclic) bond motifs is 1. The summed E-state index contributed by atoms with van der Waals surface area (Å²) in [5, 5.41) is 11.2. The highest BCUT2D eigenvalue weighted by Gasteiger charge is 2.13. The summed E-state index contributed by atoms with van der Waals surface area (Å²) in [6.45, 7) is 0.297. The van der Waals surface area contributed by atoms with Crippen LogP contribution in [0.25, 0.3) is 5.78 Å². The van der Waals surface area contributed by atoms with Crippen molar-refractivity contribution >= 4 is 19.9 Å². The first-order valence-electron chi connectivity index (χ1n) is 5.04. The molecule has 9 heteroatoms. The zero-order valence-corrected chi connectivity index (χ0v) is 10.0. The molecule has 8 nitrogen and oxygen atoms in total. The summed E-state index contributed by atoms with van der Waals surface area (Å²) in [4.78, 5) is 27.2. The van der Waals surface area contributed by atoms with E-state index in [1.165, 1.54) is 12.4 Å². The van der Waals surface area contributed by atoms with Crippen LogP contribution in [0.4, 0.5) is 0 Å². The second-order valence-corrected chi connectivity index (χ2v) is 4.33. The number of aromatic carboxylic acids is 1. The molecule has 0 saturated heterocycles. The SMILES string of the molecule is O=C(O)c1cn2c(CCN[P+](=O)O)ccnc2n1. The summed E-state index contributed by atoms with van der Waals surface area (Å²) in [7, 11) is -2.38. The average molecular weight is 269 g/mol. The smallest absolute Gasteiger partial charge is 0.476 e. The van der Waals surface area contributed by atoms with Crippen LogP contribution in [-0.2, 0) is 11.0 Å². The largest absolute Gasteiger partial charge is 0.610 e. The van der Waals surface area contributed by atoms with Crippen LogP contribution in [0.2, 0.25) is 0 Å². The molecule has 0 fully saturated rings. The molecule has 0 saturated carbocycles. The van der Waals surface area contributed by atoms with Gasteiger partial charge in [-0.2, -0.15) is 0 Å². The molecular formula is C9H10N4O4P+. The van der Waals surface area contributed by atoms with E-state index in [0.29, 0.717) is 18.7 Å². The van der Waals surface area contributed by atoms with Crippen LogP contribution >= 0.6 is 8.18 Å². The Hall–Kier alpha value is -1.89. The third kappa shape index (κ3) is 2.67. The first kappa shape index (κ1) is 12.6. The highest BCUT2D eigenvalue weighted by molar-refractivity contribution is 7.35. The third-order valence-electron chi connectivity index (χ3n) is 2.30. The van der Waals surface area contributed by atoms with E-state index in [4.69, 9.17) is 10.00 Å². The van der Waals surface area contributed by atoms with Crippen molar-refractivity contribution < 1.29 is 19.4 Å². The van der Waals surface area contributed by atoms with Gasteiger partial charge in [-0.05, 0) is 10.6 Å². The lowest BCUT2D eigenvalue weighted by Gasteiger charge is -2.01. The summed E-state index contributed by atoms with van der Waals surface area (Å²) in [5.41, 5.74) is 0.667. The Kier molecular flexibility index (Phi) is 3.61. The van der Waals surface area contributed by atoms with Crippen LogP contribution in [0, 0.1) is 0 Å². The minimum atomic E-state index is -2.38. The molecule has 2 heterocycles. The zero-order chi connectivity index (χ0) is 13.1. The maximum absolute atomic E-state index is 10.8. The Morgan fingerprint density at radius 1 is 1.56 bits per heavy atom. The molecule has 0 amide bonds. The van der Waals surface area contributed by atoms with Gasteiger partial charge in [0.25, 0.3) is 0 Å². The van der Waals surface area contributed by atoms with Gasteiger partial charge in [0, 0.05) is 31.1 Å². The molecule has 18 heavy (non-hydrogen) atoms. The van der Waals surface area contributed by atoms with E-state index < -0.39 is 14.1 Å². The fraction of sp³-hybridized carbons (Fsp3) is 0.222. The van der Waals surface area contributed by atoms with Crippen molar-refractivity contribution in [3.63, 3.8) is 0 Å². The van der Waals surface area contributed by atoms with Gasteiger partial charge in [0.2, 0.25) is 5.78 Å². The second-order valence-electron chi connectivity index (χ2n) is 3.47. The van der Waals surface area contributed by atoms with Crippen LogP contribution in [0.1, 0.15) is 16.2 Å². The van der Waals surface area contributed by atoms with E-state index in [1.54, 1.807) is 10.5 Å². The van der Waals surface area contributed by atoms with Gasteiger partial charge < -0.3 is 5.11 Å². The summed E-state index contributed by atoms with van der Waals surface area (Å²) in [6.07, 6.45) is 3.34. The predicted octanol–water partition coefficient (Wildman–Crippen LogP) is 0.209. The van der Waals surface area contributed by atoms with Gasteiger partial charge in [-0.1, -0.05) is 5.09 Å². The van der Waals surface area contributed by atoms with Gasteiger partial charge in [0.05, 0.1) is 0 Å². The van der Waals surface area contributed by atoms with Crippen molar-refractivity contribution in [2.24, 2.45) is 0 Å². The predicted molar refractivity (Wildman–Crippen MR) is 61.5 cm³/mol. The molecule has 3 N–H and O–H groups in total. The number of hydrogen-bond acceptors (Lipinski definition) is 4. The van der Waals surface area contributed by atoms with Crippen molar-refractivity contribution in [1.82, 2.24) is 19.5 Å². The number of rotatable bonds is 5. The lowest BCUT2D eigenvalue weighted by atomic mass is 10.3. The molecule has 0 radical (unpaired) electrons. The Labute approximate surface area is 102 Å². The number of carboxylic acids is 1. The summed E-state index contributed by atoms with van der Waals surface area (Å²) in [6, 6.07) is 1.70. The molecule has 0 bridgehead atoms. The molecule has 0 aliphatic carbocycles. The number of nitrogens with one attached hydrogen (secondary N) is 1. The number of hydrogen-bond donors (Lipinski definition) is 3. The molecule has 0 aliphatic heterocycles. The number of nitrogens with zero attached hydrogens (tertiary/aromatic N) is 3. The minimum absolute atomic E-state index is 0.0869. The Morgan fingerprint density at radius 2 is 2.33 bits per heavy atom. The van der Waals surface area contributed by atoms with Crippen LogP contribution in [0.3, 0.4) is 0 Å². The standard InChI is InChI=1S/C9H9N4O4P/c14-8(15)7-5-13-6(2-4-11-18(16)17)1-3-10-9(13)12-7/h1,3,5H,2,4H2,(H2-,11,14,15,16,17)/p+1. The van der Waals surface area contributed by atoms with Crippen molar-refractivity contribution in [1.29, 1.82) is 0 Å². The highest BCUT2D eigenvalue weighted by atomic mass is 31.1. The lowest BCUT2D eigenvalue weighted by Crippen LogP contribution is -2.10. The molecule has 1 unspecified atom stereocenters. The first-order valence-corrected chi connectivity index (χ1v) is 6.25. The van der Waals surface area contributed by atoms with E-state index in [1.807, 2.05) is 0 Å². The maximum atomic E-state index is 10.8. The minimum Gasteiger partial charge on any atom is -0.476 e. The number of carbonyl (C=O) groups is 1. The molecule has 2 aromatic heterocycles. The van der Waals surface area contributed by atoms with Crippen molar-refractivity contribution in [3.8, 4) is 0 Å². The Bertz CT molecular complexity index is 612. The van der Waals surface area contributed by atoms with E-state index in [9.17, 15) is 9.36 Å². The van der Waals surface area contributed by atoms with Crippen LogP contribution in [-0.4, -0.2) is 36.9 Å². The fourth-order valence-corrected chi connectivity index (χ4v) is 1.83. The average Bonchev–Trinajstić information content (AvgIpc) is 2.73. The fourth-order valence-electron chi connectivity index (χ4n) is 1.53. The van der Waals surface area contributed by atoms with E-state index in [0.717, 1.165) is 5.69 Å². The quantitative estimate of drug-likeness (QED) is 0.664. The molecule has 0 aromatic carbocycles.